The van der Waals surface area contributed by atoms with Crippen molar-refractivity contribution in [1.82, 2.24) is 20.2 Å². The molecule has 31 heavy (non-hydrogen) atoms. The third-order valence-corrected chi connectivity index (χ3v) is 6.71. The number of nitrogens with one attached hydrogen (secondary N) is 2. The Morgan fingerprint density at radius 2 is 2.16 bits per heavy atom. The van der Waals surface area contributed by atoms with Crippen molar-refractivity contribution in [2.75, 3.05) is 38.1 Å². The number of nitrogens with zero attached hydrogens (tertiary/aromatic N) is 3. The maximum Gasteiger partial charge on any atom is 0.163 e. The monoisotopic (exact) mass is 421 g/mol. The summed E-state index contributed by atoms with van der Waals surface area (Å²) < 4.78 is 26.8. The molecular weight excluding hydrogens is 397 g/mol. The van der Waals surface area contributed by atoms with Gasteiger partial charge in [0.2, 0.25) is 0 Å². The molecule has 8 heteroatoms. The van der Waals surface area contributed by atoms with Crippen LogP contribution in [0.2, 0.25) is 0 Å². The van der Waals surface area contributed by atoms with Gasteiger partial charge in [0.15, 0.2) is 11.5 Å². The molecule has 7 nitrogen and oxygen atoms in total. The molecule has 3 aromatic rings. The normalized spacial score (nSPS) is 21.5. The molecular formula is C23H24FN5O2. The average Bonchev–Trinajstić information content (AvgIpc) is 2.72. The lowest BCUT2D eigenvalue weighted by molar-refractivity contribution is -0.0793. The molecule has 2 saturated heterocycles. The number of ether oxygens (including phenoxy) is 2. The van der Waals surface area contributed by atoms with E-state index in [-0.39, 0.29) is 11.9 Å². The summed E-state index contributed by atoms with van der Waals surface area (Å²) in [6.07, 6.45) is 2.68. The van der Waals surface area contributed by atoms with Gasteiger partial charge in [0.25, 0.3) is 0 Å². The zero-order valence-electron chi connectivity index (χ0n) is 17.3. The van der Waals surface area contributed by atoms with Gasteiger partial charge in [0.05, 0.1) is 11.2 Å². The van der Waals surface area contributed by atoms with Crippen LogP contribution in [0.1, 0.15) is 12.0 Å². The second-order valence-electron chi connectivity index (χ2n) is 8.67. The standard InChI is InChI=1S/C23H24FN5O2/c1-14-3-2-4-17(21(14)24)28-22-16-7-20-19(8-18(16)26-13-27-22)30-10-15(31-20)9-29-6-5-23(29)11-25-12-23/h2-4,7-8,13,15,25H,5-6,9-12H2,1H3,(H,26,27,28). The van der Waals surface area contributed by atoms with Gasteiger partial charge >= 0.3 is 0 Å². The van der Waals surface area contributed by atoms with Crippen molar-refractivity contribution in [3.05, 3.63) is 48.0 Å². The lowest BCUT2D eigenvalue weighted by atomic mass is 9.79. The number of aryl methyl sites for hydroxylation is 1. The average molecular weight is 421 g/mol. The maximum absolute atomic E-state index is 14.5. The fourth-order valence-electron chi connectivity index (χ4n) is 4.66. The van der Waals surface area contributed by atoms with Gasteiger partial charge in [-0.3, -0.25) is 4.90 Å². The summed E-state index contributed by atoms with van der Waals surface area (Å²) >= 11 is 0. The van der Waals surface area contributed by atoms with Crippen LogP contribution >= 0.6 is 0 Å². The van der Waals surface area contributed by atoms with Crippen LogP contribution in [-0.2, 0) is 0 Å². The highest BCUT2D eigenvalue weighted by Crippen LogP contribution is 2.39. The summed E-state index contributed by atoms with van der Waals surface area (Å²) in [7, 11) is 0. The predicted molar refractivity (Wildman–Crippen MR) is 116 cm³/mol. The van der Waals surface area contributed by atoms with E-state index in [1.54, 1.807) is 19.1 Å². The summed E-state index contributed by atoms with van der Waals surface area (Å²) in [5, 5.41) is 7.25. The molecule has 1 spiro atoms. The van der Waals surface area contributed by atoms with Crippen LogP contribution in [0.4, 0.5) is 15.9 Å². The van der Waals surface area contributed by atoms with Crippen LogP contribution in [0.15, 0.2) is 36.7 Å². The van der Waals surface area contributed by atoms with E-state index in [0.717, 1.165) is 31.6 Å². The first-order valence-electron chi connectivity index (χ1n) is 10.7. The quantitative estimate of drug-likeness (QED) is 0.671. The van der Waals surface area contributed by atoms with Gasteiger partial charge in [0, 0.05) is 43.2 Å². The number of aromatic nitrogens is 2. The Labute approximate surface area is 179 Å². The van der Waals surface area contributed by atoms with Crippen LogP contribution < -0.4 is 20.1 Å². The minimum atomic E-state index is -0.291. The molecule has 1 atom stereocenters. The lowest BCUT2D eigenvalue weighted by Crippen LogP contribution is -2.76. The van der Waals surface area contributed by atoms with Crippen LogP contribution in [-0.4, -0.2) is 59.3 Å². The topological polar surface area (TPSA) is 71.5 Å². The van der Waals surface area contributed by atoms with Crippen LogP contribution in [0.5, 0.6) is 11.5 Å². The van der Waals surface area contributed by atoms with E-state index in [9.17, 15) is 4.39 Å². The van der Waals surface area contributed by atoms with Crippen LogP contribution in [0.25, 0.3) is 10.9 Å². The summed E-state index contributed by atoms with van der Waals surface area (Å²) in [6.45, 7) is 6.33. The molecule has 3 aliphatic heterocycles. The highest BCUT2D eigenvalue weighted by atomic mass is 19.1. The summed E-state index contributed by atoms with van der Waals surface area (Å²) in [4.78, 5) is 11.2. The number of fused-ring (bicyclic) bond motifs is 2. The molecule has 2 aromatic carbocycles. The van der Waals surface area contributed by atoms with Crippen molar-refractivity contribution < 1.29 is 13.9 Å². The zero-order chi connectivity index (χ0) is 21.0. The third-order valence-electron chi connectivity index (χ3n) is 6.71. The molecule has 160 valence electrons. The second-order valence-corrected chi connectivity index (χ2v) is 8.67. The summed E-state index contributed by atoms with van der Waals surface area (Å²) in [5.74, 6) is 1.59. The number of hydrogen-bond donors (Lipinski definition) is 2. The Hall–Kier alpha value is -2.97. The Morgan fingerprint density at radius 1 is 1.26 bits per heavy atom. The molecule has 0 bridgehead atoms. The molecule has 2 N–H and O–H groups in total. The molecule has 0 radical (unpaired) electrons. The number of anilines is 2. The third kappa shape index (κ3) is 3.09. The van der Waals surface area contributed by atoms with Gasteiger partial charge in [0.1, 0.15) is 30.7 Å². The van der Waals surface area contributed by atoms with Gasteiger partial charge in [-0.1, -0.05) is 12.1 Å². The minimum absolute atomic E-state index is 0.0296. The molecule has 0 amide bonds. The fraction of sp³-hybridized carbons (Fsp3) is 0.391. The Kier molecular flexibility index (Phi) is 4.26. The van der Waals surface area contributed by atoms with Crippen LogP contribution in [0.3, 0.4) is 0 Å². The molecule has 0 aliphatic carbocycles. The summed E-state index contributed by atoms with van der Waals surface area (Å²) in [6, 6.07) is 9.00. The predicted octanol–water partition coefficient (Wildman–Crippen LogP) is 3.01. The largest absolute Gasteiger partial charge is 0.486 e. The smallest absolute Gasteiger partial charge is 0.163 e. The first-order valence-corrected chi connectivity index (χ1v) is 10.7. The van der Waals surface area contributed by atoms with E-state index in [4.69, 9.17) is 9.47 Å². The molecule has 1 unspecified atom stereocenters. The van der Waals surface area contributed by atoms with Crippen molar-refractivity contribution in [2.45, 2.75) is 25.0 Å². The second kappa shape index (κ2) is 7.03. The molecule has 2 fully saturated rings. The Morgan fingerprint density at radius 3 is 2.94 bits per heavy atom. The van der Waals surface area contributed by atoms with Crippen molar-refractivity contribution >= 4 is 22.4 Å². The SMILES string of the molecule is Cc1cccc(Nc2ncnc3cc4c(cc23)OC(CN2CCC23CNC3)CO4)c1F. The van der Waals surface area contributed by atoms with E-state index in [1.807, 2.05) is 18.2 Å². The number of rotatable bonds is 4. The first kappa shape index (κ1) is 18.8. The number of likely N-dealkylation sites (tertiary alicyclic amines) is 1. The minimum Gasteiger partial charge on any atom is -0.486 e. The fourth-order valence-corrected chi connectivity index (χ4v) is 4.66. The molecule has 0 saturated carbocycles. The number of benzene rings is 2. The van der Waals surface area contributed by atoms with Crippen molar-refractivity contribution in [3.8, 4) is 11.5 Å². The number of halogens is 1. The number of hydrogen-bond acceptors (Lipinski definition) is 7. The maximum atomic E-state index is 14.5. The van der Waals surface area contributed by atoms with Gasteiger partial charge in [-0.05, 0) is 31.0 Å². The van der Waals surface area contributed by atoms with Gasteiger partial charge in [-0.25, -0.2) is 14.4 Å². The van der Waals surface area contributed by atoms with Gasteiger partial charge in [-0.15, -0.1) is 0 Å². The van der Waals surface area contributed by atoms with E-state index >= 15 is 0 Å². The molecule has 1 aromatic heterocycles. The highest BCUT2D eigenvalue weighted by molar-refractivity contribution is 5.93. The molecule has 6 rings (SSSR count). The van der Waals surface area contributed by atoms with Gasteiger partial charge in [-0.2, -0.15) is 0 Å². The van der Waals surface area contributed by atoms with Crippen molar-refractivity contribution in [1.29, 1.82) is 0 Å². The van der Waals surface area contributed by atoms with E-state index in [0.29, 0.717) is 46.2 Å². The van der Waals surface area contributed by atoms with Crippen LogP contribution in [0, 0.1) is 12.7 Å². The van der Waals surface area contributed by atoms with E-state index in [1.165, 1.54) is 12.7 Å². The van der Waals surface area contributed by atoms with Crippen molar-refractivity contribution in [3.63, 3.8) is 0 Å². The van der Waals surface area contributed by atoms with Crippen molar-refractivity contribution in [2.24, 2.45) is 0 Å². The first-order chi connectivity index (χ1) is 15.1. The van der Waals surface area contributed by atoms with E-state index in [2.05, 4.69) is 25.5 Å². The lowest BCUT2D eigenvalue weighted by Gasteiger charge is -2.59. The zero-order valence-corrected chi connectivity index (χ0v) is 17.3. The van der Waals surface area contributed by atoms with E-state index < -0.39 is 0 Å². The highest BCUT2D eigenvalue weighted by Gasteiger charge is 2.49. The molecule has 3 aliphatic rings. The Bertz CT molecular complexity index is 1160. The molecule has 4 heterocycles. The van der Waals surface area contributed by atoms with Gasteiger partial charge < -0.3 is 20.1 Å². The summed E-state index contributed by atoms with van der Waals surface area (Å²) in [5.41, 5.74) is 2.00. The Balaban J connectivity index is 1.28.